The average Bonchev–Trinajstić information content (AvgIpc) is 2.82. The van der Waals surface area contributed by atoms with Gasteiger partial charge in [-0.1, -0.05) is 66.2 Å². The van der Waals surface area contributed by atoms with Gasteiger partial charge in [0, 0.05) is 22.6 Å². The second-order valence-corrected chi connectivity index (χ2v) is 8.25. The van der Waals surface area contributed by atoms with E-state index >= 15 is 0 Å². The molecule has 0 atom stereocenters. The van der Waals surface area contributed by atoms with Crippen LogP contribution in [0.1, 0.15) is 18.1 Å². The van der Waals surface area contributed by atoms with Gasteiger partial charge in [0.25, 0.3) is 0 Å². The molecule has 0 amide bonds. The fraction of sp³-hybridized carbons (Fsp3) is 0.100. The number of esters is 1. The van der Waals surface area contributed by atoms with Crippen molar-refractivity contribution < 1.29 is 9.53 Å². The van der Waals surface area contributed by atoms with E-state index in [2.05, 4.69) is 98.1 Å². The number of rotatable bonds is 6. The van der Waals surface area contributed by atoms with Gasteiger partial charge >= 0.3 is 5.97 Å². The molecular formula is C30H27NO2. The van der Waals surface area contributed by atoms with E-state index < -0.39 is 5.97 Å². The Morgan fingerprint density at radius 2 is 1.00 bits per heavy atom. The molecule has 0 aliphatic heterocycles. The highest BCUT2D eigenvalue weighted by molar-refractivity contribution is 5.89. The van der Waals surface area contributed by atoms with E-state index in [0.29, 0.717) is 11.3 Å². The topological polar surface area (TPSA) is 29.5 Å². The maximum Gasteiger partial charge on any atom is 0.338 e. The summed E-state index contributed by atoms with van der Waals surface area (Å²) in [6.45, 7) is 9.44. The second kappa shape index (κ2) is 9.58. The van der Waals surface area contributed by atoms with Crippen LogP contribution in [-0.4, -0.2) is 5.97 Å². The number of aryl methyl sites for hydroxylation is 2. The maximum atomic E-state index is 11.8. The van der Waals surface area contributed by atoms with Gasteiger partial charge in [-0.15, -0.1) is 0 Å². The Hall–Kier alpha value is -4.11. The van der Waals surface area contributed by atoms with Crippen LogP contribution < -0.4 is 9.64 Å². The number of carbonyl (C=O) groups excluding carboxylic acids is 1. The van der Waals surface area contributed by atoms with Crippen molar-refractivity contribution in [1.29, 1.82) is 0 Å². The van der Waals surface area contributed by atoms with E-state index in [0.717, 1.165) is 17.1 Å². The highest BCUT2D eigenvalue weighted by Gasteiger charge is 2.14. The Balaban J connectivity index is 1.68. The summed E-state index contributed by atoms with van der Waals surface area (Å²) in [6.07, 6.45) is 0. The van der Waals surface area contributed by atoms with Crippen LogP contribution in [0.2, 0.25) is 0 Å². The van der Waals surface area contributed by atoms with E-state index in [9.17, 15) is 4.79 Å². The van der Waals surface area contributed by atoms with Crippen molar-refractivity contribution in [2.24, 2.45) is 0 Å². The molecule has 4 aromatic carbocycles. The molecule has 0 spiro atoms. The van der Waals surface area contributed by atoms with Gasteiger partial charge in [-0.05, 0) is 80.4 Å². The number of benzene rings is 4. The molecule has 0 N–H and O–H groups in total. The Bertz CT molecular complexity index is 1250. The van der Waals surface area contributed by atoms with Gasteiger partial charge < -0.3 is 9.64 Å². The minimum atomic E-state index is -0.426. The van der Waals surface area contributed by atoms with E-state index in [4.69, 9.17) is 4.74 Å². The normalized spacial score (nSPS) is 10.5. The minimum Gasteiger partial charge on any atom is -0.423 e. The van der Waals surface area contributed by atoms with Crippen molar-refractivity contribution in [3.63, 3.8) is 0 Å². The predicted molar refractivity (Wildman–Crippen MR) is 136 cm³/mol. The Labute approximate surface area is 195 Å². The Morgan fingerprint density at radius 1 is 0.636 bits per heavy atom. The van der Waals surface area contributed by atoms with E-state index in [1.807, 2.05) is 12.1 Å². The molecule has 0 radical (unpaired) electrons. The highest BCUT2D eigenvalue weighted by Crippen LogP contribution is 2.36. The van der Waals surface area contributed by atoms with Gasteiger partial charge in [0.15, 0.2) is 0 Å². The first-order valence-electron chi connectivity index (χ1n) is 10.9. The van der Waals surface area contributed by atoms with Crippen LogP contribution in [-0.2, 0) is 4.79 Å². The number of nitrogens with zero attached hydrogens (tertiary/aromatic N) is 1. The van der Waals surface area contributed by atoms with Gasteiger partial charge in [0.2, 0.25) is 0 Å². The van der Waals surface area contributed by atoms with Crippen molar-refractivity contribution in [2.45, 2.75) is 20.8 Å². The third-order valence-corrected chi connectivity index (χ3v) is 5.46. The molecule has 4 aromatic rings. The smallest absolute Gasteiger partial charge is 0.338 e. The van der Waals surface area contributed by atoms with Crippen LogP contribution in [0.3, 0.4) is 0 Å². The number of carbonyl (C=O) groups is 1. The zero-order valence-electron chi connectivity index (χ0n) is 19.2. The molecule has 164 valence electrons. The summed E-state index contributed by atoms with van der Waals surface area (Å²) < 4.78 is 5.35. The second-order valence-electron chi connectivity index (χ2n) is 8.25. The van der Waals surface area contributed by atoms with Crippen LogP contribution >= 0.6 is 0 Å². The number of hydrogen-bond donors (Lipinski definition) is 0. The Kier molecular flexibility index (Phi) is 6.41. The maximum absolute atomic E-state index is 11.8. The highest BCUT2D eigenvalue weighted by atomic mass is 16.5. The number of anilines is 3. The fourth-order valence-corrected chi connectivity index (χ4v) is 3.55. The standard InChI is InChI=1S/C30H27NO2/c1-21(2)30(32)33-29-19-17-28(18-20-29)31(26-13-7-23(4)8-14-26)27-15-11-25(12-16-27)24-9-5-22(3)6-10-24/h5-20H,1H2,2-4H3. The van der Waals surface area contributed by atoms with Gasteiger partial charge in [0.1, 0.15) is 5.75 Å². The Morgan fingerprint density at radius 3 is 1.45 bits per heavy atom. The summed E-state index contributed by atoms with van der Waals surface area (Å²) in [6, 6.07) is 33.0. The van der Waals surface area contributed by atoms with E-state index in [1.54, 1.807) is 19.1 Å². The molecule has 0 aliphatic carbocycles. The number of ether oxygens (including phenoxy) is 1. The van der Waals surface area contributed by atoms with Crippen LogP contribution in [0.15, 0.2) is 109 Å². The summed E-state index contributed by atoms with van der Waals surface area (Å²) in [5.74, 6) is 0.0650. The third kappa shape index (κ3) is 5.21. The van der Waals surface area contributed by atoms with Gasteiger partial charge in [-0.25, -0.2) is 4.79 Å². The molecule has 0 bridgehead atoms. The van der Waals surface area contributed by atoms with Gasteiger partial charge in [-0.3, -0.25) is 0 Å². The van der Waals surface area contributed by atoms with Crippen molar-refractivity contribution in [3.8, 4) is 16.9 Å². The van der Waals surface area contributed by atoms with Gasteiger partial charge in [-0.2, -0.15) is 0 Å². The molecule has 0 heterocycles. The van der Waals surface area contributed by atoms with Crippen molar-refractivity contribution >= 4 is 23.0 Å². The zero-order chi connectivity index (χ0) is 23.4. The van der Waals surface area contributed by atoms with Crippen molar-refractivity contribution in [1.82, 2.24) is 0 Å². The fourth-order valence-electron chi connectivity index (χ4n) is 3.55. The molecule has 0 aliphatic rings. The van der Waals surface area contributed by atoms with E-state index in [1.165, 1.54) is 22.3 Å². The first kappa shape index (κ1) is 22.1. The molecular weight excluding hydrogens is 406 g/mol. The van der Waals surface area contributed by atoms with Crippen LogP contribution in [0.5, 0.6) is 5.75 Å². The first-order valence-corrected chi connectivity index (χ1v) is 10.9. The molecule has 3 heteroatoms. The predicted octanol–water partition coefficient (Wildman–Crippen LogP) is 7.92. The lowest BCUT2D eigenvalue weighted by atomic mass is 10.0. The molecule has 3 nitrogen and oxygen atoms in total. The van der Waals surface area contributed by atoms with Crippen molar-refractivity contribution in [3.05, 3.63) is 120 Å². The molecule has 0 unspecified atom stereocenters. The van der Waals surface area contributed by atoms with Gasteiger partial charge in [0.05, 0.1) is 0 Å². The largest absolute Gasteiger partial charge is 0.423 e. The summed E-state index contributed by atoms with van der Waals surface area (Å²) in [4.78, 5) is 14.0. The zero-order valence-corrected chi connectivity index (χ0v) is 19.2. The van der Waals surface area contributed by atoms with Crippen molar-refractivity contribution in [2.75, 3.05) is 4.90 Å². The minimum absolute atomic E-state index is 0.369. The molecule has 0 fully saturated rings. The molecule has 33 heavy (non-hydrogen) atoms. The lowest BCUT2D eigenvalue weighted by Crippen LogP contribution is -2.11. The molecule has 0 aromatic heterocycles. The quantitative estimate of drug-likeness (QED) is 0.176. The summed E-state index contributed by atoms with van der Waals surface area (Å²) in [7, 11) is 0. The van der Waals surface area contributed by atoms with Crippen LogP contribution in [0.25, 0.3) is 11.1 Å². The molecule has 4 rings (SSSR count). The summed E-state index contributed by atoms with van der Waals surface area (Å²) in [5, 5.41) is 0. The lowest BCUT2D eigenvalue weighted by molar-refractivity contribution is -0.130. The summed E-state index contributed by atoms with van der Waals surface area (Å²) >= 11 is 0. The van der Waals surface area contributed by atoms with E-state index in [-0.39, 0.29) is 0 Å². The molecule has 0 saturated carbocycles. The first-order chi connectivity index (χ1) is 15.9. The summed E-state index contributed by atoms with van der Waals surface area (Å²) in [5.41, 5.74) is 8.25. The SMILES string of the molecule is C=C(C)C(=O)Oc1ccc(N(c2ccc(C)cc2)c2ccc(-c3ccc(C)cc3)cc2)cc1. The van der Waals surface area contributed by atoms with Crippen LogP contribution in [0, 0.1) is 13.8 Å². The van der Waals surface area contributed by atoms with Crippen LogP contribution in [0.4, 0.5) is 17.1 Å². The lowest BCUT2D eigenvalue weighted by Gasteiger charge is -2.26. The average molecular weight is 434 g/mol. The number of hydrogen-bond acceptors (Lipinski definition) is 3. The third-order valence-electron chi connectivity index (χ3n) is 5.46. The monoisotopic (exact) mass is 433 g/mol. The molecule has 0 saturated heterocycles.